The zero-order valence-electron chi connectivity index (χ0n) is 11.9. The zero-order valence-corrected chi connectivity index (χ0v) is 15.0. The molecule has 0 atom stereocenters. The average Bonchev–Trinajstić information content (AvgIpc) is 2.28. The van der Waals surface area contributed by atoms with Crippen LogP contribution < -0.4 is 51.4 Å². The number of aliphatic carboxylic acids is 1. The molecule has 1 rings (SSSR count). The summed E-state index contributed by atoms with van der Waals surface area (Å²) in [4.78, 5) is 12.2. The van der Waals surface area contributed by atoms with Crippen molar-refractivity contribution in [3.63, 3.8) is 0 Å². The summed E-state index contributed by atoms with van der Waals surface area (Å²) < 4.78 is 5.21. The molecule has 0 spiro atoms. The summed E-state index contributed by atoms with van der Waals surface area (Å²) in [6.07, 6.45) is -0.0833. The standard InChI is InChI=1S/C7H15NO.C4H8NO3.K/c1-7(2)8-3-5-9-6-4-8;1-5(8)3-2-4(6)7;/h7H,3-6H2,1-2H3;2-3H2,1H3,(H,6,7);/q;-1;+1. The van der Waals surface area contributed by atoms with Crippen LogP contribution >= 0.6 is 0 Å². The van der Waals surface area contributed by atoms with Gasteiger partial charge in [-0.1, -0.05) is 0 Å². The van der Waals surface area contributed by atoms with Gasteiger partial charge in [-0.15, -0.1) is 0 Å². The molecular weight excluding hydrogens is 263 g/mol. The van der Waals surface area contributed by atoms with E-state index in [-0.39, 0.29) is 64.4 Å². The minimum absolute atomic E-state index is 0. The van der Waals surface area contributed by atoms with E-state index >= 15 is 0 Å². The fourth-order valence-corrected chi connectivity index (χ4v) is 1.35. The average molecular weight is 286 g/mol. The summed E-state index contributed by atoms with van der Waals surface area (Å²) in [5.41, 5.74) is 0. The van der Waals surface area contributed by atoms with E-state index in [1.165, 1.54) is 7.05 Å². The fraction of sp³-hybridized carbons (Fsp3) is 0.909. The first-order chi connectivity index (χ1) is 7.93. The molecule has 1 fully saturated rings. The maximum Gasteiger partial charge on any atom is 1.00 e. The van der Waals surface area contributed by atoms with Gasteiger partial charge in [0.1, 0.15) is 0 Å². The Labute approximate surface area is 152 Å². The van der Waals surface area contributed by atoms with E-state index in [1.54, 1.807) is 0 Å². The summed E-state index contributed by atoms with van der Waals surface area (Å²) in [6.45, 7) is 8.57. The van der Waals surface area contributed by atoms with Gasteiger partial charge < -0.3 is 20.1 Å². The van der Waals surface area contributed by atoms with Crippen molar-refractivity contribution >= 4 is 5.97 Å². The molecule has 0 aromatic heterocycles. The molecular formula is C11H23KN2O4. The molecule has 6 nitrogen and oxygen atoms in total. The second-order valence-corrected chi connectivity index (χ2v) is 4.24. The number of hydrogen-bond donors (Lipinski definition) is 1. The molecule has 0 aliphatic carbocycles. The van der Waals surface area contributed by atoms with Crippen molar-refractivity contribution in [2.45, 2.75) is 26.3 Å². The Hall–Kier alpha value is 0.946. The van der Waals surface area contributed by atoms with Crippen molar-refractivity contribution in [3.8, 4) is 0 Å². The number of morpholine rings is 1. The third kappa shape index (κ3) is 13.4. The van der Waals surface area contributed by atoms with E-state index in [1.807, 2.05) is 0 Å². The van der Waals surface area contributed by atoms with Crippen LogP contribution in [-0.4, -0.2) is 67.0 Å². The molecule has 18 heavy (non-hydrogen) atoms. The monoisotopic (exact) mass is 286 g/mol. The zero-order chi connectivity index (χ0) is 13.3. The predicted molar refractivity (Wildman–Crippen MR) is 65.8 cm³/mol. The van der Waals surface area contributed by atoms with Crippen LogP contribution in [0.1, 0.15) is 20.3 Å². The van der Waals surface area contributed by atoms with Crippen molar-refractivity contribution in [2.24, 2.45) is 0 Å². The Balaban J connectivity index is 0. The SMILES string of the molecule is CC(C)N1CCOCC1.CN([O-])CCC(=O)O.[K+]. The summed E-state index contributed by atoms with van der Waals surface area (Å²) >= 11 is 0. The van der Waals surface area contributed by atoms with E-state index in [0.29, 0.717) is 11.1 Å². The van der Waals surface area contributed by atoms with E-state index in [2.05, 4.69) is 18.7 Å². The Bertz CT molecular complexity index is 209. The predicted octanol–water partition coefficient (Wildman–Crippen LogP) is -2.38. The Morgan fingerprint density at radius 1 is 1.44 bits per heavy atom. The quantitative estimate of drug-likeness (QED) is 0.459. The van der Waals surface area contributed by atoms with Gasteiger partial charge in [0.05, 0.1) is 19.6 Å². The van der Waals surface area contributed by atoms with Gasteiger partial charge in [0, 0.05) is 19.1 Å². The molecule has 102 valence electrons. The number of nitrogens with zero attached hydrogens (tertiary/aromatic N) is 2. The van der Waals surface area contributed by atoms with Gasteiger partial charge in [-0.2, -0.15) is 0 Å². The van der Waals surface area contributed by atoms with Crippen LogP contribution in [0.15, 0.2) is 0 Å². The van der Waals surface area contributed by atoms with Crippen molar-refractivity contribution in [3.05, 3.63) is 5.21 Å². The van der Waals surface area contributed by atoms with Gasteiger partial charge in [0.15, 0.2) is 0 Å². The molecule has 1 N–H and O–H groups in total. The van der Waals surface area contributed by atoms with Crippen LogP contribution in [0.5, 0.6) is 0 Å². The Morgan fingerprint density at radius 2 is 1.94 bits per heavy atom. The van der Waals surface area contributed by atoms with E-state index in [9.17, 15) is 10.0 Å². The van der Waals surface area contributed by atoms with Crippen molar-refractivity contribution in [1.29, 1.82) is 0 Å². The molecule has 0 radical (unpaired) electrons. The Morgan fingerprint density at radius 3 is 2.17 bits per heavy atom. The smallest absolute Gasteiger partial charge is 0.785 e. The van der Waals surface area contributed by atoms with Crippen LogP contribution in [0.25, 0.3) is 0 Å². The van der Waals surface area contributed by atoms with Crippen LogP contribution in [0.4, 0.5) is 0 Å². The number of carbonyl (C=O) groups is 1. The van der Waals surface area contributed by atoms with Crippen molar-refractivity contribution < 1.29 is 66.0 Å². The summed E-state index contributed by atoms with van der Waals surface area (Å²) in [5, 5.41) is 18.6. The van der Waals surface area contributed by atoms with Gasteiger partial charge in [0.25, 0.3) is 0 Å². The van der Waals surface area contributed by atoms with Gasteiger partial charge >= 0.3 is 57.4 Å². The van der Waals surface area contributed by atoms with Crippen molar-refractivity contribution in [1.82, 2.24) is 9.96 Å². The first-order valence-electron chi connectivity index (χ1n) is 5.85. The molecule has 0 saturated carbocycles. The maximum atomic E-state index is 10.0. The van der Waals surface area contributed by atoms with Crippen LogP contribution in [0, 0.1) is 5.21 Å². The normalized spacial score (nSPS) is 15.9. The molecule has 0 amide bonds. The van der Waals surface area contributed by atoms with E-state index in [0.717, 1.165) is 26.3 Å². The van der Waals surface area contributed by atoms with Crippen molar-refractivity contribution in [2.75, 3.05) is 39.9 Å². The maximum absolute atomic E-state index is 10.0. The van der Waals surface area contributed by atoms with Gasteiger partial charge in [-0.05, 0) is 27.4 Å². The first kappa shape index (κ1) is 21.2. The van der Waals surface area contributed by atoms with Gasteiger partial charge in [-0.25, -0.2) is 0 Å². The molecule has 0 unspecified atom stereocenters. The molecule has 1 aliphatic rings. The molecule has 0 aromatic rings. The number of carboxylic acid groups (broad SMARTS) is 1. The second kappa shape index (κ2) is 13.0. The van der Waals surface area contributed by atoms with Crippen LogP contribution in [-0.2, 0) is 9.53 Å². The van der Waals surface area contributed by atoms with E-state index < -0.39 is 5.97 Å². The third-order valence-electron chi connectivity index (χ3n) is 2.42. The van der Waals surface area contributed by atoms with Crippen LogP contribution in [0.2, 0.25) is 0 Å². The second-order valence-electron chi connectivity index (χ2n) is 4.24. The molecule has 1 heterocycles. The first-order valence-corrected chi connectivity index (χ1v) is 5.85. The number of carboxylic acids is 1. The molecule has 1 aliphatic heterocycles. The minimum atomic E-state index is -0.937. The fourth-order valence-electron chi connectivity index (χ4n) is 1.35. The summed E-state index contributed by atoms with van der Waals surface area (Å²) in [6, 6.07) is 0.689. The Kier molecular flexibility index (Phi) is 15.3. The number of hydrogen-bond acceptors (Lipinski definition) is 5. The topological polar surface area (TPSA) is 76.1 Å². The van der Waals surface area contributed by atoms with Crippen LogP contribution in [0.3, 0.4) is 0 Å². The largest absolute Gasteiger partial charge is 1.00 e. The summed E-state index contributed by atoms with van der Waals surface area (Å²) in [7, 11) is 1.29. The van der Waals surface area contributed by atoms with Gasteiger partial charge in [0.2, 0.25) is 0 Å². The minimum Gasteiger partial charge on any atom is -0.785 e. The van der Waals surface area contributed by atoms with E-state index in [4.69, 9.17) is 9.84 Å². The number of rotatable bonds is 4. The molecule has 1 saturated heterocycles. The third-order valence-corrected chi connectivity index (χ3v) is 2.42. The number of hydroxylamine groups is 2. The summed E-state index contributed by atoms with van der Waals surface area (Å²) in [5.74, 6) is -0.937. The molecule has 7 heteroatoms. The molecule has 0 bridgehead atoms. The molecule has 0 aromatic carbocycles. The number of ether oxygens (including phenoxy) is 1. The van der Waals surface area contributed by atoms with Gasteiger partial charge in [-0.3, -0.25) is 9.69 Å².